The van der Waals surface area contributed by atoms with Gasteiger partial charge in [0.1, 0.15) is 0 Å². The van der Waals surface area contributed by atoms with E-state index in [1.165, 1.54) is 25.8 Å². The molecule has 1 aliphatic heterocycles. The highest BCUT2D eigenvalue weighted by molar-refractivity contribution is 5.67. The highest BCUT2D eigenvalue weighted by Crippen LogP contribution is 2.11. The van der Waals surface area contributed by atoms with Crippen molar-refractivity contribution in [2.45, 2.75) is 32.9 Å². The summed E-state index contributed by atoms with van der Waals surface area (Å²) in [6, 6.07) is 3.57. The summed E-state index contributed by atoms with van der Waals surface area (Å²) in [7, 11) is 0. The van der Waals surface area contributed by atoms with Gasteiger partial charge >= 0.3 is 5.76 Å². The second-order valence-electron chi connectivity index (χ2n) is 5.93. The molecular formula is C16H24N4O2. The van der Waals surface area contributed by atoms with Gasteiger partial charge in [-0.05, 0) is 25.1 Å². The van der Waals surface area contributed by atoms with E-state index in [2.05, 4.69) is 21.7 Å². The molecular weight excluding hydrogens is 280 g/mol. The molecule has 0 spiro atoms. The van der Waals surface area contributed by atoms with Crippen molar-refractivity contribution in [2.75, 3.05) is 32.7 Å². The van der Waals surface area contributed by atoms with Gasteiger partial charge in [0.25, 0.3) is 0 Å². The largest absolute Gasteiger partial charge is 0.422 e. The van der Waals surface area contributed by atoms with Gasteiger partial charge in [-0.25, -0.2) is 14.3 Å². The molecule has 0 saturated carbocycles. The number of piperazine rings is 1. The Morgan fingerprint density at radius 2 is 1.95 bits per heavy atom. The number of nitrogens with zero attached hydrogens (tertiary/aromatic N) is 4. The molecule has 120 valence electrons. The van der Waals surface area contributed by atoms with Gasteiger partial charge in [0.2, 0.25) is 0 Å². The number of unbranched alkanes of at least 4 members (excludes halogenated alkanes) is 2. The van der Waals surface area contributed by atoms with Crippen molar-refractivity contribution >= 4 is 11.2 Å². The number of fused-ring (bicyclic) bond motifs is 1. The zero-order valence-corrected chi connectivity index (χ0v) is 13.2. The van der Waals surface area contributed by atoms with E-state index >= 15 is 0 Å². The number of hydrogen-bond acceptors (Lipinski definition) is 5. The van der Waals surface area contributed by atoms with Gasteiger partial charge in [-0.2, -0.15) is 0 Å². The lowest BCUT2D eigenvalue weighted by Gasteiger charge is -2.34. The van der Waals surface area contributed by atoms with Crippen LogP contribution in [-0.4, -0.2) is 52.1 Å². The van der Waals surface area contributed by atoms with Crippen molar-refractivity contribution in [2.24, 2.45) is 0 Å². The zero-order chi connectivity index (χ0) is 15.4. The predicted octanol–water partition coefficient (Wildman–Crippen LogP) is 1.75. The second-order valence-corrected chi connectivity index (χ2v) is 5.93. The highest BCUT2D eigenvalue weighted by atomic mass is 16.4. The summed E-state index contributed by atoms with van der Waals surface area (Å²) >= 11 is 0. The Hall–Kier alpha value is -1.66. The topological polar surface area (TPSA) is 54.5 Å². The fraction of sp³-hybridized carbons (Fsp3) is 0.625. The van der Waals surface area contributed by atoms with Crippen LogP contribution >= 0.6 is 0 Å². The fourth-order valence-corrected chi connectivity index (χ4v) is 2.96. The molecule has 1 saturated heterocycles. The van der Waals surface area contributed by atoms with E-state index in [1.54, 1.807) is 22.9 Å². The normalized spacial score (nSPS) is 17.3. The molecule has 0 N–H and O–H groups in total. The van der Waals surface area contributed by atoms with Crippen LogP contribution in [0.5, 0.6) is 0 Å². The Morgan fingerprint density at radius 1 is 1.18 bits per heavy atom. The van der Waals surface area contributed by atoms with Crippen molar-refractivity contribution in [1.29, 1.82) is 0 Å². The monoisotopic (exact) mass is 304 g/mol. The molecule has 0 unspecified atom stereocenters. The van der Waals surface area contributed by atoms with Gasteiger partial charge in [-0.1, -0.05) is 19.8 Å². The maximum Gasteiger partial charge on any atom is 0.422 e. The van der Waals surface area contributed by atoms with Gasteiger partial charge in [0.05, 0.1) is 6.67 Å². The predicted molar refractivity (Wildman–Crippen MR) is 85.8 cm³/mol. The highest BCUT2D eigenvalue weighted by Gasteiger charge is 2.19. The minimum absolute atomic E-state index is 0.320. The van der Waals surface area contributed by atoms with Gasteiger partial charge in [-0.15, -0.1) is 0 Å². The summed E-state index contributed by atoms with van der Waals surface area (Å²) in [5.41, 5.74) is 1.20. The van der Waals surface area contributed by atoms with E-state index in [9.17, 15) is 4.79 Å². The number of aromatic nitrogens is 2. The maximum absolute atomic E-state index is 12.0. The van der Waals surface area contributed by atoms with Crippen LogP contribution in [0.3, 0.4) is 0 Å². The Labute approximate surface area is 130 Å². The summed E-state index contributed by atoms with van der Waals surface area (Å²) in [4.78, 5) is 21.0. The maximum atomic E-state index is 12.0. The molecule has 2 aromatic heterocycles. The van der Waals surface area contributed by atoms with Crippen molar-refractivity contribution in [3.63, 3.8) is 0 Å². The molecule has 0 aliphatic carbocycles. The van der Waals surface area contributed by atoms with E-state index in [4.69, 9.17) is 4.42 Å². The minimum Gasteiger partial charge on any atom is -0.406 e. The van der Waals surface area contributed by atoms with Crippen molar-refractivity contribution in [1.82, 2.24) is 19.4 Å². The molecule has 0 bridgehead atoms. The first-order valence-electron chi connectivity index (χ1n) is 8.17. The number of oxazole rings is 1. The van der Waals surface area contributed by atoms with Crippen LogP contribution < -0.4 is 5.76 Å². The minimum atomic E-state index is -0.320. The van der Waals surface area contributed by atoms with Gasteiger partial charge in [0.15, 0.2) is 11.2 Å². The smallest absolute Gasteiger partial charge is 0.406 e. The van der Waals surface area contributed by atoms with Crippen molar-refractivity contribution < 1.29 is 4.42 Å². The molecule has 3 rings (SSSR count). The van der Waals surface area contributed by atoms with E-state index in [0.717, 1.165) is 26.2 Å². The van der Waals surface area contributed by atoms with E-state index < -0.39 is 0 Å². The first-order chi connectivity index (χ1) is 10.8. The zero-order valence-electron chi connectivity index (χ0n) is 13.2. The Kier molecular flexibility index (Phi) is 4.90. The average molecular weight is 304 g/mol. The molecule has 6 heteroatoms. The summed E-state index contributed by atoms with van der Waals surface area (Å²) in [6.07, 6.45) is 5.55. The van der Waals surface area contributed by atoms with Crippen molar-refractivity contribution in [3.05, 3.63) is 28.9 Å². The molecule has 2 aromatic rings. The Morgan fingerprint density at radius 3 is 2.73 bits per heavy atom. The van der Waals surface area contributed by atoms with E-state index in [1.807, 2.05) is 0 Å². The SMILES string of the molecule is CCCCCN1CCN(Cn2c(=O)oc3cccnc32)CC1. The quantitative estimate of drug-likeness (QED) is 0.761. The van der Waals surface area contributed by atoms with Gasteiger partial charge in [-0.3, -0.25) is 4.90 Å². The lowest BCUT2D eigenvalue weighted by molar-refractivity contribution is 0.105. The standard InChI is InChI=1S/C16H24N4O2/c1-2-3-4-8-18-9-11-19(12-10-18)13-20-15-14(22-16(20)21)6-5-7-17-15/h5-7H,2-4,8-13H2,1H3. The van der Waals surface area contributed by atoms with Gasteiger partial charge < -0.3 is 9.32 Å². The van der Waals surface area contributed by atoms with Crippen LogP contribution in [0, 0.1) is 0 Å². The average Bonchev–Trinajstić information content (AvgIpc) is 2.85. The number of pyridine rings is 1. The molecule has 6 nitrogen and oxygen atoms in total. The van der Waals surface area contributed by atoms with Crippen molar-refractivity contribution in [3.8, 4) is 0 Å². The second kappa shape index (κ2) is 7.07. The lowest BCUT2D eigenvalue weighted by atomic mass is 10.2. The van der Waals surface area contributed by atoms with Crippen LogP contribution in [0.1, 0.15) is 26.2 Å². The lowest BCUT2D eigenvalue weighted by Crippen LogP contribution is -2.47. The van der Waals surface area contributed by atoms with Crippen LogP contribution in [-0.2, 0) is 6.67 Å². The van der Waals surface area contributed by atoms with E-state index in [-0.39, 0.29) is 5.76 Å². The molecule has 3 heterocycles. The van der Waals surface area contributed by atoms with Crippen LogP contribution in [0.25, 0.3) is 11.2 Å². The third-order valence-electron chi connectivity index (χ3n) is 4.31. The van der Waals surface area contributed by atoms with Crippen LogP contribution in [0.2, 0.25) is 0 Å². The molecule has 22 heavy (non-hydrogen) atoms. The molecule has 0 amide bonds. The molecule has 0 radical (unpaired) electrons. The Balaban J connectivity index is 1.58. The summed E-state index contributed by atoms with van der Waals surface area (Å²) in [5.74, 6) is -0.320. The molecule has 1 aliphatic rings. The molecule has 0 atom stereocenters. The van der Waals surface area contributed by atoms with Crippen LogP contribution in [0.15, 0.2) is 27.5 Å². The Bertz CT molecular complexity index is 655. The summed E-state index contributed by atoms with van der Waals surface area (Å²) < 4.78 is 6.86. The summed E-state index contributed by atoms with van der Waals surface area (Å²) in [6.45, 7) is 8.10. The number of hydrogen-bond donors (Lipinski definition) is 0. The van der Waals surface area contributed by atoms with Gasteiger partial charge in [0, 0.05) is 32.4 Å². The van der Waals surface area contributed by atoms with Crippen LogP contribution in [0.4, 0.5) is 0 Å². The third kappa shape index (κ3) is 3.39. The fourth-order valence-electron chi connectivity index (χ4n) is 2.96. The first kappa shape index (κ1) is 15.2. The first-order valence-corrected chi connectivity index (χ1v) is 8.17. The summed E-state index contributed by atoms with van der Waals surface area (Å²) in [5, 5.41) is 0. The molecule has 0 aromatic carbocycles. The van der Waals surface area contributed by atoms with E-state index in [0.29, 0.717) is 17.9 Å². The molecule has 1 fully saturated rings. The third-order valence-corrected chi connectivity index (χ3v) is 4.31. The number of rotatable bonds is 6.